The van der Waals surface area contributed by atoms with Gasteiger partial charge in [-0.25, -0.2) is 9.18 Å². The van der Waals surface area contributed by atoms with Crippen molar-refractivity contribution in [3.05, 3.63) is 24.0 Å². The van der Waals surface area contributed by atoms with Gasteiger partial charge in [0.1, 0.15) is 11.6 Å². The van der Waals surface area contributed by atoms with Gasteiger partial charge in [0.2, 0.25) is 0 Å². The summed E-state index contributed by atoms with van der Waals surface area (Å²) >= 11 is 1.38. The molecule has 4 nitrogen and oxygen atoms in total. The molecule has 23 heavy (non-hydrogen) atoms. The van der Waals surface area contributed by atoms with Crippen molar-refractivity contribution in [3.63, 3.8) is 0 Å². The Labute approximate surface area is 141 Å². The molecule has 6 heteroatoms. The first-order valence-electron chi connectivity index (χ1n) is 8.02. The van der Waals surface area contributed by atoms with E-state index in [9.17, 15) is 9.18 Å². The lowest BCUT2D eigenvalue weighted by Gasteiger charge is -2.15. The zero-order valence-corrected chi connectivity index (χ0v) is 14.5. The van der Waals surface area contributed by atoms with Gasteiger partial charge in [-0.3, -0.25) is 0 Å². The number of carbonyl (C=O) groups excluding carboxylic acids is 1. The molecule has 128 valence electrons. The molecule has 0 N–H and O–H groups in total. The second kappa shape index (κ2) is 9.01. The quantitative estimate of drug-likeness (QED) is 0.551. The molecule has 1 atom stereocenters. The standard InChI is InChI=1S/C17H24FNO3S/c1-3-21-17(20)19-9-8-13(12-19)5-4-10-22-14-6-7-16(23-2)15(18)11-14/h6-7,11,13H,3-5,8-10,12H2,1-2H3. The molecule has 0 aliphatic carbocycles. The molecule has 1 heterocycles. The third-order valence-corrected chi connectivity index (χ3v) is 4.73. The Kier molecular flexibility index (Phi) is 7.02. The third-order valence-electron chi connectivity index (χ3n) is 3.96. The minimum Gasteiger partial charge on any atom is -0.493 e. The Morgan fingerprint density at radius 3 is 3.00 bits per heavy atom. The highest BCUT2D eigenvalue weighted by Gasteiger charge is 2.26. The van der Waals surface area contributed by atoms with Gasteiger partial charge in [0, 0.05) is 24.1 Å². The summed E-state index contributed by atoms with van der Waals surface area (Å²) in [5.41, 5.74) is 0. The van der Waals surface area contributed by atoms with E-state index in [1.54, 1.807) is 17.0 Å². The van der Waals surface area contributed by atoms with E-state index >= 15 is 0 Å². The maximum atomic E-state index is 13.6. The van der Waals surface area contributed by atoms with Crippen LogP contribution in [0.4, 0.5) is 9.18 Å². The number of hydrogen-bond donors (Lipinski definition) is 0. The first kappa shape index (κ1) is 17.9. The van der Waals surface area contributed by atoms with Crippen LogP contribution in [0.5, 0.6) is 5.75 Å². The van der Waals surface area contributed by atoms with Crippen molar-refractivity contribution in [1.29, 1.82) is 0 Å². The van der Waals surface area contributed by atoms with Gasteiger partial charge in [0.05, 0.1) is 13.2 Å². The first-order valence-corrected chi connectivity index (χ1v) is 9.24. The average Bonchev–Trinajstić information content (AvgIpc) is 3.01. The number of halogens is 1. The summed E-state index contributed by atoms with van der Waals surface area (Å²) in [5, 5.41) is 0. The van der Waals surface area contributed by atoms with Gasteiger partial charge in [-0.15, -0.1) is 11.8 Å². The summed E-state index contributed by atoms with van der Waals surface area (Å²) in [6.07, 6.45) is 4.54. The molecular formula is C17H24FNO3S. The van der Waals surface area contributed by atoms with Crippen LogP contribution in [0, 0.1) is 11.7 Å². The van der Waals surface area contributed by atoms with Crippen LogP contribution in [-0.2, 0) is 4.74 Å². The van der Waals surface area contributed by atoms with Crippen LogP contribution in [0.25, 0.3) is 0 Å². The fourth-order valence-electron chi connectivity index (χ4n) is 2.75. The molecule has 1 aromatic rings. The molecule has 1 amide bonds. The highest BCUT2D eigenvalue weighted by Crippen LogP contribution is 2.24. The summed E-state index contributed by atoms with van der Waals surface area (Å²) in [6.45, 7) is 4.33. The van der Waals surface area contributed by atoms with Crippen molar-refractivity contribution in [2.75, 3.05) is 32.6 Å². The summed E-state index contributed by atoms with van der Waals surface area (Å²) in [5.74, 6) is 0.828. The molecule has 1 aliphatic rings. The number of benzene rings is 1. The lowest BCUT2D eigenvalue weighted by molar-refractivity contribution is 0.114. The summed E-state index contributed by atoms with van der Waals surface area (Å²) < 4.78 is 24.3. The second-order valence-electron chi connectivity index (χ2n) is 5.59. The monoisotopic (exact) mass is 341 g/mol. The molecule has 1 saturated heterocycles. The van der Waals surface area contributed by atoms with E-state index < -0.39 is 0 Å². The van der Waals surface area contributed by atoms with Crippen LogP contribution in [-0.4, -0.2) is 43.6 Å². The molecule has 0 spiro atoms. The van der Waals surface area contributed by atoms with Crippen LogP contribution in [0.1, 0.15) is 26.2 Å². The Balaban J connectivity index is 1.66. The van der Waals surface area contributed by atoms with Gasteiger partial charge >= 0.3 is 6.09 Å². The third kappa shape index (κ3) is 5.30. The van der Waals surface area contributed by atoms with Crippen molar-refractivity contribution in [2.24, 2.45) is 5.92 Å². The van der Waals surface area contributed by atoms with E-state index in [-0.39, 0.29) is 11.9 Å². The lowest BCUT2D eigenvalue weighted by atomic mass is 10.0. The van der Waals surface area contributed by atoms with Crippen molar-refractivity contribution in [2.45, 2.75) is 31.1 Å². The first-order chi connectivity index (χ1) is 11.1. The molecule has 0 saturated carbocycles. The van der Waals surface area contributed by atoms with Crippen LogP contribution >= 0.6 is 11.8 Å². The van der Waals surface area contributed by atoms with Crippen molar-refractivity contribution >= 4 is 17.9 Å². The SMILES string of the molecule is CCOC(=O)N1CCC(CCCOc2ccc(SC)c(F)c2)C1. The Morgan fingerprint density at radius 1 is 1.48 bits per heavy atom. The number of thioether (sulfide) groups is 1. The van der Waals surface area contributed by atoms with Gasteiger partial charge in [-0.2, -0.15) is 0 Å². The van der Waals surface area contributed by atoms with Gasteiger partial charge < -0.3 is 14.4 Å². The Hall–Kier alpha value is -1.43. The number of likely N-dealkylation sites (tertiary alicyclic amines) is 1. The van der Waals surface area contributed by atoms with E-state index in [1.165, 1.54) is 17.8 Å². The van der Waals surface area contributed by atoms with Crippen molar-refractivity contribution in [1.82, 2.24) is 4.90 Å². The van der Waals surface area contributed by atoms with Crippen LogP contribution < -0.4 is 4.74 Å². The van der Waals surface area contributed by atoms with E-state index in [1.807, 2.05) is 13.2 Å². The van der Waals surface area contributed by atoms with Gasteiger partial charge in [0.15, 0.2) is 0 Å². The van der Waals surface area contributed by atoms with E-state index in [4.69, 9.17) is 9.47 Å². The van der Waals surface area contributed by atoms with Crippen LogP contribution in [0.3, 0.4) is 0 Å². The fraction of sp³-hybridized carbons (Fsp3) is 0.588. The maximum Gasteiger partial charge on any atom is 0.409 e. The molecule has 1 aromatic carbocycles. The number of hydrogen-bond acceptors (Lipinski definition) is 4. The highest BCUT2D eigenvalue weighted by molar-refractivity contribution is 7.98. The van der Waals surface area contributed by atoms with Gasteiger partial charge in [0.25, 0.3) is 0 Å². The van der Waals surface area contributed by atoms with E-state index in [0.717, 1.165) is 32.4 Å². The molecule has 1 unspecified atom stereocenters. The molecule has 0 aromatic heterocycles. The smallest absolute Gasteiger partial charge is 0.409 e. The van der Waals surface area contributed by atoms with Crippen molar-refractivity contribution < 1.29 is 18.7 Å². The van der Waals surface area contributed by atoms with Gasteiger partial charge in [-0.05, 0) is 50.5 Å². The molecule has 0 radical (unpaired) electrons. The lowest BCUT2D eigenvalue weighted by Crippen LogP contribution is -2.29. The van der Waals surface area contributed by atoms with Crippen molar-refractivity contribution in [3.8, 4) is 5.75 Å². The Bertz CT molecular complexity index is 527. The molecule has 1 aliphatic heterocycles. The average molecular weight is 341 g/mol. The summed E-state index contributed by atoms with van der Waals surface area (Å²) in [7, 11) is 0. The zero-order valence-electron chi connectivity index (χ0n) is 13.7. The fourth-order valence-corrected chi connectivity index (χ4v) is 3.21. The molecule has 0 bridgehead atoms. The normalized spacial score (nSPS) is 17.3. The molecular weight excluding hydrogens is 317 g/mol. The minimum absolute atomic E-state index is 0.212. The number of carbonyl (C=O) groups is 1. The zero-order chi connectivity index (χ0) is 16.7. The maximum absolute atomic E-state index is 13.6. The predicted molar refractivity (Wildman–Crippen MR) is 89.6 cm³/mol. The summed E-state index contributed by atoms with van der Waals surface area (Å²) in [4.78, 5) is 14.0. The number of rotatable bonds is 7. The molecule has 2 rings (SSSR count). The molecule has 1 fully saturated rings. The van der Waals surface area contributed by atoms with E-state index in [2.05, 4.69) is 0 Å². The number of nitrogens with zero attached hydrogens (tertiary/aromatic N) is 1. The number of amides is 1. The highest BCUT2D eigenvalue weighted by atomic mass is 32.2. The second-order valence-corrected chi connectivity index (χ2v) is 6.43. The van der Waals surface area contributed by atoms with Crippen LogP contribution in [0.15, 0.2) is 23.1 Å². The van der Waals surface area contributed by atoms with Gasteiger partial charge in [-0.1, -0.05) is 0 Å². The topological polar surface area (TPSA) is 38.8 Å². The van der Waals surface area contributed by atoms with Crippen LogP contribution in [0.2, 0.25) is 0 Å². The largest absolute Gasteiger partial charge is 0.493 e. The number of ether oxygens (including phenoxy) is 2. The Morgan fingerprint density at radius 2 is 2.30 bits per heavy atom. The van der Waals surface area contributed by atoms with E-state index in [0.29, 0.717) is 29.8 Å². The summed E-state index contributed by atoms with van der Waals surface area (Å²) in [6, 6.07) is 4.97. The minimum atomic E-state index is -0.240. The predicted octanol–water partition coefficient (Wildman–Crippen LogP) is 4.19.